The van der Waals surface area contributed by atoms with Gasteiger partial charge < -0.3 is 15.0 Å². The molecule has 1 rings (SSSR count). The largest absolute Gasteiger partial charge is 0.406 e. The zero-order valence-electron chi connectivity index (χ0n) is 9.87. The summed E-state index contributed by atoms with van der Waals surface area (Å²) in [7, 11) is 0. The lowest BCUT2D eigenvalue weighted by Gasteiger charge is -2.16. The van der Waals surface area contributed by atoms with Gasteiger partial charge in [-0.05, 0) is 18.6 Å². The van der Waals surface area contributed by atoms with E-state index in [4.69, 9.17) is 5.11 Å². The van der Waals surface area contributed by atoms with Crippen LogP contribution < -0.4 is 5.32 Å². The Labute approximate surface area is 102 Å². The second kappa shape index (κ2) is 5.90. The summed E-state index contributed by atoms with van der Waals surface area (Å²) in [5, 5.41) is 11.4. The van der Waals surface area contributed by atoms with Crippen LogP contribution in [0.2, 0.25) is 0 Å². The number of aromatic nitrogens is 1. The minimum atomic E-state index is -4.38. The average Bonchev–Trinajstić information content (AvgIpc) is 2.71. The molecule has 0 radical (unpaired) electrons. The molecule has 1 heterocycles. The number of carbonyl (C=O) groups is 1. The van der Waals surface area contributed by atoms with E-state index < -0.39 is 24.7 Å². The van der Waals surface area contributed by atoms with Crippen LogP contribution in [0.1, 0.15) is 23.8 Å². The van der Waals surface area contributed by atoms with Crippen LogP contribution in [0.3, 0.4) is 0 Å². The van der Waals surface area contributed by atoms with Gasteiger partial charge in [-0.2, -0.15) is 13.2 Å². The lowest BCUT2D eigenvalue weighted by atomic mass is 10.2. The number of aliphatic hydroxyl groups is 1. The molecule has 7 heteroatoms. The number of hydrogen-bond acceptors (Lipinski definition) is 2. The Balaban J connectivity index is 2.77. The Kier molecular flexibility index (Phi) is 4.77. The number of alkyl halides is 3. The molecule has 4 nitrogen and oxygen atoms in total. The summed E-state index contributed by atoms with van der Waals surface area (Å²) in [5.41, 5.74) is -0.0702. The van der Waals surface area contributed by atoms with E-state index in [2.05, 4.69) is 5.32 Å². The van der Waals surface area contributed by atoms with E-state index in [1.807, 2.05) is 0 Å². The molecule has 0 unspecified atom stereocenters. The van der Waals surface area contributed by atoms with E-state index in [9.17, 15) is 18.0 Å². The molecule has 1 atom stereocenters. The second-order valence-electron chi connectivity index (χ2n) is 3.90. The molecule has 0 aliphatic heterocycles. The molecule has 0 saturated heterocycles. The van der Waals surface area contributed by atoms with Gasteiger partial charge in [0.1, 0.15) is 12.2 Å². The van der Waals surface area contributed by atoms with E-state index in [1.54, 1.807) is 6.92 Å². The summed E-state index contributed by atoms with van der Waals surface area (Å²) in [6.07, 6.45) is -2.68. The highest BCUT2D eigenvalue weighted by Gasteiger charge is 2.29. The van der Waals surface area contributed by atoms with Gasteiger partial charge in [-0.15, -0.1) is 0 Å². The van der Waals surface area contributed by atoms with E-state index in [0.717, 1.165) is 4.57 Å². The van der Waals surface area contributed by atoms with Gasteiger partial charge >= 0.3 is 6.18 Å². The third-order valence-corrected chi connectivity index (χ3v) is 2.46. The van der Waals surface area contributed by atoms with Gasteiger partial charge in [-0.3, -0.25) is 4.79 Å². The van der Waals surface area contributed by atoms with E-state index in [-0.39, 0.29) is 12.3 Å². The van der Waals surface area contributed by atoms with Gasteiger partial charge in [0.15, 0.2) is 0 Å². The Morgan fingerprint density at radius 3 is 2.72 bits per heavy atom. The monoisotopic (exact) mass is 264 g/mol. The molecule has 1 aromatic heterocycles. The Bertz CT molecular complexity index is 397. The molecular weight excluding hydrogens is 249 g/mol. The molecule has 0 bridgehead atoms. The standard InChI is InChI=1S/C11H15F3N2O2/c1-2-8(6-17)15-10(18)9-4-3-5-16(9)7-11(12,13)14/h3-5,8,17H,2,6-7H2,1H3,(H,15,18)/t8-/m1/s1. The SMILES string of the molecule is CC[C@H](CO)NC(=O)c1cccn1CC(F)(F)F. The van der Waals surface area contributed by atoms with Crippen LogP contribution in [-0.4, -0.2) is 34.4 Å². The maximum atomic E-state index is 12.3. The molecule has 0 spiro atoms. The summed E-state index contributed by atoms with van der Waals surface area (Å²) >= 11 is 0. The number of nitrogens with zero attached hydrogens (tertiary/aromatic N) is 1. The molecule has 0 aliphatic carbocycles. The lowest BCUT2D eigenvalue weighted by molar-refractivity contribution is -0.140. The van der Waals surface area contributed by atoms with Gasteiger partial charge in [-0.25, -0.2) is 0 Å². The predicted molar refractivity (Wildman–Crippen MR) is 59.1 cm³/mol. The van der Waals surface area contributed by atoms with Crippen molar-refractivity contribution in [1.82, 2.24) is 9.88 Å². The first-order valence-corrected chi connectivity index (χ1v) is 5.51. The summed E-state index contributed by atoms with van der Waals surface area (Å²) in [6.45, 7) is 0.302. The smallest absolute Gasteiger partial charge is 0.394 e. The van der Waals surface area contributed by atoms with Crippen molar-refractivity contribution in [3.8, 4) is 0 Å². The van der Waals surface area contributed by atoms with E-state index in [1.165, 1.54) is 18.3 Å². The van der Waals surface area contributed by atoms with Crippen LogP contribution in [-0.2, 0) is 6.54 Å². The highest BCUT2D eigenvalue weighted by molar-refractivity contribution is 5.92. The van der Waals surface area contributed by atoms with Crippen LogP contribution in [0.5, 0.6) is 0 Å². The Morgan fingerprint density at radius 1 is 1.56 bits per heavy atom. The van der Waals surface area contributed by atoms with Gasteiger partial charge in [0.05, 0.1) is 12.6 Å². The summed E-state index contributed by atoms with van der Waals surface area (Å²) in [6, 6.07) is 2.23. The maximum Gasteiger partial charge on any atom is 0.406 e. The fourth-order valence-corrected chi connectivity index (χ4v) is 1.49. The molecule has 0 aliphatic rings. The van der Waals surface area contributed by atoms with Crippen molar-refractivity contribution in [3.63, 3.8) is 0 Å². The number of rotatable bonds is 5. The predicted octanol–water partition coefficient (Wildman–Crippen LogP) is 1.55. The van der Waals surface area contributed by atoms with Crippen LogP contribution >= 0.6 is 0 Å². The topological polar surface area (TPSA) is 54.3 Å². The van der Waals surface area contributed by atoms with Gasteiger partial charge in [0.25, 0.3) is 5.91 Å². The molecular formula is C11H15F3N2O2. The highest BCUT2D eigenvalue weighted by atomic mass is 19.4. The molecule has 102 valence electrons. The molecule has 0 aromatic carbocycles. The molecule has 0 fully saturated rings. The van der Waals surface area contributed by atoms with Crippen molar-refractivity contribution in [2.24, 2.45) is 0 Å². The van der Waals surface area contributed by atoms with Crippen LogP contribution in [0, 0.1) is 0 Å². The number of halogens is 3. The Hall–Kier alpha value is -1.50. The van der Waals surface area contributed by atoms with Crippen molar-refractivity contribution < 1.29 is 23.1 Å². The Morgan fingerprint density at radius 2 is 2.22 bits per heavy atom. The first-order valence-electron chi connectivity index (χ1n) is 5.51. The van der Waals surface area contributed by atoms with Crippen molar-refractivity contribution in [1.29, 1.82) is 0 Å². The minimum absolute atomic E-state index is 0.0702. The van der Waals surface area contributed by atoms with Gasteiger partial charge in [0, 0.05) is 6.20 Å². The highest BCUT2D eigenvalue weighted by Crippen LogP contribution is 2.19. The van der Waals surface area contributed by atoms with Crippen molar-refractivity contribution in [3.05, 3.63) is 24.0 Å². The summed E-state index contributed by atoms with van der Waals surface area (Å²) in [4.78, 5) is 11.7. The first kappa shape index (κ1) is 14.6. The number of amides is 1. The van der Waals surface area contributed by atoms with Crippen molar-refractivity contribution in [2.45, 2.75) is 32.1 Å². The molecule has 0 saturated carbocycles. The molecule has 2 N–H and O–H groups in total. The van der Waals surface area contributed by atoms with Crippen LogP contribution in [0.15, 0.2) is 18.3 Å². The minimum Gasteiger partial charge on any atom is -0.394 e. The second-order valence-corrected chi connectivity index (χ2v) is 3.90. The number of carbonyl (C=O) groups excluding carboxylic acids is 1. The third kappa shape index (κ3) is 4.06. The van der Waals surface area contributed by atoms with Crippen molar-refractivity contribution in [2.75, 3.05) is 6.61 Å². The maximum absolute atomic E-state index is 12.3. The number of nitrogens with one attached hydrogen (secondary N) is 1. The molecule has 18 heavy (non-hydrogen) atoms. The molecule has 1 aromatic rings. The third-order valence-electron chi connectivity index (χ3n) is 2.46. The fourth-order valence-electron chi connectivity index (χ4n) is 1.49. The number of hydrogen-bond donors (Lipinski definition) is 2. The zero-order valence-corrected chi connectivity index (χ0v) is 9.87. The average molecular weight is 264 g/mol. The van der Waals surface area contributed by atoms with Gasteiger partial charge in [-0.1, -0.05) is 6.92 Å². The zero-order chi connectivity index (χ0) is 13.8. The summed E-state index contributed by atoms with van der Waals surface area (Å²) in [5.74, 6) is -0.620. The van der Waals surface area contributed by atoms with Gasteiger partial charge in [0.2, 0.25) is 0 Å². The normalized spacial score (nSPS) is 13.4. The van der Waals surface area contributed by atoms with Crippen LogP contribution in [0.25, 0.3) is 0 Å². The first-order chi connectivity index (χ1) is 8.37. The van der Waals surface area contributed by atoms with E-state index >= 15 is 0 Å². The summed E-state index contributed by atoms with van der Waals surface area (Å²) < 4.78 is 37.6. The van der Waals surface area contributed by atoms with Crippen molar-refractivity contribution >= 4 is 5.91 Å². The quantitative estimate of drug-likeness (QED) is 0.847. The van der Waals surface area contributed by atoms with E-state index in [0.29, 0.717) is 6.42 Å². The fraction of sp³-hybridized carbons (Fsp3) is 0.545. The molecule has 1 amide bonds. The lowest BCUT2D eigenvalue weighted by Crippen LogP contribution is -2.38. The van der Waals surface area contributed by atoms with Crippen LogP contribution in [0.4, 0.5) is 13.2 Å². The number of aliphatic hydroxyl groups excluding tert-OH is 1.